The molecule has 0 radical (unpaired) electrons. The van der Waals surface area contributed by atoms with Crippen molar-refractivity contribution in [2.75, 3.05) is 24.7 Å². The Bertz CT molecular complexity index is 574. The van der Waals surface area contributed by atoms with Crippen LogP contribution in [0.4, 0.5) is 4.39 Å². The molecule has 2 rings (SSSR count). The summed E-state index contributed by atoms with van der Waals surface area (Å²) < 4.78 is 48.2. The molecule has 7 heteroatoms. The first kappa shape index (κ1) is 15.4. The van der Waals surface area contributed by atoms with E-state index in [1.165, 1.54) is 25.1 Å². The zero-order valence-electron chi connectivity index (χ0n) is 11.1. The lowest BCUT2D eigenvalue weighted by molar-refractivity contribution is -0.162. The first-order valence-electron chi connectivity index (χ1n) is 6.30. The minimum atomic E-state index is -3.41. The van der Waals surface area contributed by atoms with Crippen molar-refractivity contribution < 1.29 is 27.4 Å². The van der Waals surface area contributed by atoms with Crippen LogP contribution in [-0.2, 0) is 25.1 Å². The van der Waals surface area contributed by atoms with Crippen molar-refractivity contribution in [1.82, 2.24) is 0 Å². The highest BCUT2D eigenvalue weighted by atomic mass is 32.2. The molecule has 0 saturated carbocycles. The fourth-order valence-corrected chi connectivity index (χ4v) is 3.18. The summed E-state index contributed by atoms with van der Waals surface area (Å²) in [4.78, 5) is 0. The van der Waals surface area contributed by atoms with Crippen LogP contribution < -0.4 is 0 Å². The molecule has 1 N–H and O–H groups in total. The summed E-state index contributed by atoms with van der Waals surface area (Å²) in [6, 6.07) is 5.45. The van der Waals surface area contributed by atoms with Crippen LogP contribution in [-0.4, -0.2) is 44.3 Å². The third-order valence-electron chi connectivity index (χ3n) is 3.18. The number of rotatable bonds is 5. The summed E-state index contributed by atoms with van der Waals surface area (Å²) in [5.74, 6) is -2.53. The summed E-state index contributed by atoms with van der Waals surface area (Å²) in [5.41, 5.74) is 0.297. The zero-order chi connectivity index (χ0) is 14.8. The zero-order valence-corrected chi connectivity index (χ0v) is 11.9. The van der Waals surface area contributed by atoms with Gasteiger partial charge in [-0.1, -0.05) is 19.1 Å². The molecule has 0 aliphatic carbocycles. The summed E-state index contributed by atoms with van der Waals surface area (Å²) in [5, 5.41) is 9.13. The third kappa shape index (κ3) is 3.17. The number of hydrogen-bond donors (Lipinski definition) is 1. The minimum absolute atomic E-state index is 0.0618. The summed E-state index contributed by atoms with van der Waals surface area (Å²) >= 11 is 0. The van der Waals surface area contributed by atoms with E-state index in [9.17, 15) is 12.8 Å². The van der Waals surface area contributed by atoms with Gasteiger partial charge in [0.05, 0.1) is 13.2 Å². The van der Waals surface area contributed by atoms with Crippen LogP contribution in [0, 0.1) is 5.82 Å². The SMILES string of the molecule is CCS(=O)(=O)C[C@@]1(c2cccc(F)c2)OC[C@@H](CO)O1. The van der Waals surface area contributed by atoms with E-state index in [2.05, 4.69) is 0 Å². The minimum Gasteiger partial charge on any atom is -0.394 e. The molecule has 1 aliphatic rings. The van der Waals surface area contributed by atoms with Gasteiger partial charge in [0.25, 0.3) is 0 Å². The molecule has 1 aliphatic heterocycles. The second-order valence-corrected chi connectivity index (χ2v) is 7.03. The maximum Gasteiger partial charge on any atom is 0.209 e. The Balaban J connectivity index is 2.40. The monoisotopic (exact) mass is 304 g/mol. The topological polar surface area (TPSA) is 72.8 Å². The quantitative estimate of drug-likeness (QED) is 0.872. The maximum absolute atomic E-state index is 13.4. The molecular weight excluding hydrogens is 287 g/mol. The first-order chi connectivity index (χ1) is 9.41. The van der Waals surface area contributed by atoms with Crippen molar-refractivity contribution in [2.24, 2.45) is 0 Å². The van der Waals surface area contributed by atoms with Gasteiger partial charge < -0.3 is 14.6 Å². The molecular formula is C13H17FO5S. The van der Waals surface area contributed by atoms with Gasteiger partial charge in [0, 0.05) is 11.3 Å². The number of halogens is 1. The van der Waals surface area contributed by atoms with E-state index < -0.39 is 33.3 Å². The van der Waals surface area contributed by atoms with E-state index in [-0.39, 0.29) is 19.0 Å². The molecule has 5 nitrogen and oxygen atoms in total. The van der Waals surface area contributed by atoms with Crippen LogP contribution in [0.2, 0.25) is 0 Å². The van der Waals surface area contributed by atoms with Crippen LogP contribution in [0.25, 0.3) is 0 Å². The van der Waals surface area contributed by atoms with Crippen molar-refractivity contribution in [3.05, 3.63) is 35.6 Å². The molecule has 1 aromatic carbocycles. The average Bonchev–Trinajstić information content (AvgIpc) is 2.83. The van der Waals surface area contributed by atoms with Crippen molar-refractivity contribution in [2.45, 2.75) is 18.8 Å². The van der Waals surface area contributed by atoms with Gasteiger partial charge in [0.15, 0.2) is 9.84 Å². The van der Waals surface area contributed by atoms with Gasteiger partial charge in [-0.3, -0.25) is 0 Å². The molecule has 112 valence electrons. The van der Waals surface area contributed by atoms with Crippen molar-refractivity contribution in [3.8, 4) is 0 Å². The Labute approximate surface area is 117 Å². The standard InChI is InChI=1S/C13H17FO5S/c1-2-20(16,17)9-13(18-8-12(7-15)19-13)10-4-3-5-11(14)6-10/h3-6,12,15H,2,7-9H2,1H3/t12-,13-/m1/s1. The molecule has 1 aromatic rings. The Kier molecular flexibility index (Phi) is 4.43. The van der Waals surface area contributed by atoms with E-state index in [4.69, 9.17) is 14.6 Å². The number of aliphatic hydroxyl groups is 1. The molecule has 0 aromatic heterocycles. The Hall–Kier alpha value is -1.02. The van der Waals surface area contributed by atoms with Gasteiger partial charge in [0.1, 0.15) is 17.7 Å². The summed E-state index contributed by atoms with van der Waals surface area (Å²) in [6.45, 7) is 1.29. The first-order valence-corrected chi connectivity index (χ1v) is 8.12. The van der Waals surface area contributed by atoms with E-state index in [1.54, 1.807) is 6.07 Å². The Morgan fingerprint density at radius 2 is 2.25 bits per heavy atom. The lowest BCUT2D eigenvalue weighted by Crippen LogP contribution is -2.37. The molecule has 0 bridgehead atoms. The molecule has 0 unspecified atom stereocenters. The van der Waals surface area contributed by atoms with E-state index >= 15 is 0 Å². The number of benzene rings is 1. The number of hydrogen-bond acceptors (Lipinski definition) is 5. The van der Waals surface area contributed by atoms with Crippen molar-refractivity contribution in [1.29, 1.82) is 0 Å². The fourth-order valence-electron chi connectivity index (χ4n) is 2.08. The lowest BCUT2D eigenvalue weighted by atomic mass is 10.1. The Morgan fingerprint density at radius 3 is 2.80 bits per heavy atom. The summed E-state index contributed by atoms with van der Waals surface area (Å²) in [7, 11) is -3.41. The van der Waals surface area contributed by atoms with Crippen molar-refractivity contribution >= 4 is 9.84 Å². The highest BCUT2D eigenvalue weighted by Gasteiger charge is 2.46. The van der Waals surface area contributed by atoms with Crippen LogP contribution in [0.3, 0.4) is 0 Å². The van der Waals surface area contributed by atoms with Crippen LogP contribution in [0.15, 0.2) is 24.3 Å². The van der Waals surface area contributed by atoms with E-state index in [0.29, 0.717) is 5.56 Å². The lowest BCUT2D eigenvalue weighted by Gasteiger charge is -2.28. The number of sulfone groups is 1. The number of aliphatic hydroxyl groups excluding tert-OH is 1. The van der Waals surface area contributed by atoms with Crippen LogP contribution in [0.1, 0.15) is 12.5 Å². The van der Waals surface area contributed by atoms with E-state index in [0.717, 1.165) is 0 Å². The molecule has 0 amide bonds. The van der Waals surface area contributed by atoms with Gasteiger partial charge in [-0.25, -0.2) is 12.8 Å². The highest BCUT2D eigenvalue weighted by molar-refractivity contribution is 7.91. The van der Waals surface area contributed by atoms with Crippen molar-refractivity contribution in [3.63, 3.8) is 0 Å². The molecule has 1 fully saturated rings. The van der Waals surface area contributed by atoms with Gasteiger partial charge in [-0.15, -0.1) is 0 Å². The van der Waals surface area contributed by atoms with Gasteiger partial charge in [-0.05, 0) is 12.1 Å². The molecule has 2 atom stereocenters. The molecule has 0 spiro atoms. The van der Waals surface area contributed by atoms with Crippen LogP contribution in [0.5, 0.6) is 0 Å². The van der Waals surface area contributed by atoms with E-state index in [1.807, 2.05) is 0 Å². The molecule has 1 saturated heterocycles. The summed E-state index contributed by atoms with van der Waals surface area (Å²) in [6.07, 6.45) is -0.620. The Morgan fingerprint density at radius 1 is 1.50 bits per heavy atom. The third-order valence-corrected chi connectivity index (χ3v) is 4.88. The van der Waals surface area contributed by atoms with Crippen LogP contribution >= 0.6 is 0 Å². The average molecular weight is 304 g/mol. The fraction of sp³-hybridized carbons (Fsp3) is 0.538. The largest absolute Gasteiger partial charge is 0.394 e. The molecule has 1 heterocycles. The molecule has 20 heavy (non-hydrogen) atoms. The predicted octanol–water partition coefficient (Wildman–Crippen LogP) is 0.821. The predicted molar refractivity (Wildman–Crippen MR) is 70.3 cm³/mol. The normalized spacial score (nSPS) is 26.9. The second-order valence-electron chi connectivity index (χ2n) is 4.67. The second kappa shape index (κ2) is 5.77. The van der Waals surface area contributed by atoms with Gasteiger partial charge in [0.2, 0.25) is 5.79 Å². The van der Waals surface area contributed by atoms with Gasteiger partial charge in [-0.2, -0.15) is 0 Å². The highest BCUT2D eigenvalue weighted by Crippen LogP contribution is 2.36. The maximum atomic E-state index is 13.4. The smallest absolute Gasteiger partial charge is 0.209 e. The number of ether oxygens (including phenoxy) is 2. The van der Waals surface area contributed by atoms with Gasteiger partial charge >= 0.3 is 0 Å².